The molecule has 0 amide bonds. The maximum Gasteiger partial charge on any atom is 0.268 e. The molecule has 130 valence electrons. The Labute approximate surface area is 144 Å². The minimum absolute atomic E-state index is 0.0303. The summed E-state index contributed by atoms with van der Waals surface area (Å²) in [6, 6.07) is 6.62. The molecular formula is C18H17FN2O4. The van der Waals surface area contributed by atoms with Crippen LogP contribution < -0.4 is 10.3 Å². The van der Waals surface area contributed by atoms with Crippen molar-refractivity contribution < 1.29 is 18.7 Å². The zero-order valence-corrected chi connectivity index (χ0v) is 13.9. The predicted octanol–water partition coefficient (Wildman–Crippen LogP) is 2.14. The number of nitriles is 1. The van der Waals surface area contributed by atoms with Gasteiger partial charge in [-0.05, 0) is 31.2 Å². The molecule has 25 heavy (non-hydrogen) atoms. The van der Waals surface area contributed by atoms with Crippen molar-refractivity contribution in [2.45, 2.75) is 13.5 Å². The van der Waals surface area contributed by atoms with Crippen LogP contribution >= 0.6 is 0 Å². The van der Waals surface area contributed by atoms with Gasteiger partial charge >= 0.3 is 0 Å². The zero-order valence-electron chi connectivity index (χ0n) is 13.9. The van der Waals surface area contributed by atoms with Gasteiger partial charge in [-0.3, -0.25) is 9.59 Å². The molecule has 1 heterocycles. The molecule has 0 aliphatic heterocycles. The molecule has 0 bridgehead atoms. The topological polar surface area (TPSA) is 81.3 Å². The monoisotopic (exact) mass is 344 g/mol. The summed E-state index contributed by atoms with van der Waals surface area (Å²) >= 11 is 0. The average molecular weight is 344 g/mol. The molecule has 6 nitrogen and oxygen atoms in total. The Hall–Kier alpha value is -2.98. The Morgan fingerprint density at radius 3 is 2.76 bits per heavy atom. The lowest BCUT2D eigenvalue weighted by atomic mass is 10.0. The Morgan fingerprint density at radius 1 is 1.36 bits per heavy atom. The Bertz CT molecular complexity index is 884. The van der Waals surface area contributed by atoms with Gasteiger partial charge in [0.1, 0.15) is 23.2 Å². The average Bonchev–Trinajstić information content (AvgIpc) is 2.62. The number of carbonyl (C=O) groups excluding carboxylic acids is 1. The van der Waals surface area contributed by atoms with E-state index >= 15 is 0 Å². The van der Waals surface area contributed by atoms with Crippen LogP contribution in [0.3, 0.4) is 0 Å². The summed E-state index contributed by atoms with van der Waals surface area (Å²) in [4.78, 5) is 24.9. The number of ketones is 1. The number of carbonyl (C=O) groups is 1. The highest BCUT2D eigenvalue weighted by Gasteiger charge is 2.18. The lowest BCUT2D eigenvalue weighted by Crippen LogP contribution is -2.25. The maximum absolute atomic E-state index is 13.6. The Balaban J connectivity index is 2.55. The van der Waals surface area contributed by atoms with Gasteiger partial charge in [-0.25, -0.2) is 4.39 Å². The molecule has 0 radical (unpaired) electrons. The number of rotatable bonds is 7. The first kappa shape index (κ1) is 18.4. The fraction of sp³-hybridized carbons (Fsp3) is 0.278. The largest absolute Gasteiger partial charge is 0.493 e. The predicted molar refractivity (Wildman–Crippen MR) is 88.3 cm³/mol. The van der Waals surface area contributed by atoms with Gasteiger partial charge in [-0.15, -0.1) is 0 Å². The van der Waals surface area contributed by atoms with E-state index < -0.39 is 17.2 Å². The molecule has 0 N–H and O–H groups in total. The van der Waals surface area contributed by atoms with Gasteiger partial charge in [0.15, 0.2) is 5.78 Å². The number of benzene rings is 1. The Morgan fingerprint density at radius 2 is 2.12 bits per heavy atom. The van der Waals surface area contributed by atoms with Gasteiger partial charge in [0.25, 0.3) is 5.56 Å². The molecule has 1 aromatic heterocycles. The van der Waals surface area contributed by atoms with E-state index in [9.17, 15) is 14.0 Å². The zero-order chi connectivity index (χ0) is 18.4. The number of hydrogen-bond acceptors (Lipinski definition) is 5. The van der Waals surface area contributed by atoms with Crippen LogP contribution in [0.5, 0.6) is 5.75 Å². The lowest BCUT2D eigenvalue weighted by Gasteiger charge is -2.12. The van der Waals surface area contributed by atoms with Crippen molar-refractivity contribution in [1.82, 2.24) is 4.57 Å². The van der Waals surface area contributed by atoms with E-state index in [-0.39, 0.29) is 35.6 Å². The van der Waals surface area contributed by atoms with Gasteiger partial charge in [0, 0.05) is 25.4 Å². The SMILES string of the molecule is CCOc1ccc(F)cc1C(=O)c1cc(C#N)c(=O)n(CCOC)c1. The van der Waals surface area contributed by atoms with Crippen molar-refractivity contribution >= 4 is 5.78 Å². The van der Waals surface area contributed by atoms with Crippen molar-refractivity contribution in [3.63, 3.8) is 0 Å². The summed E-state index contributed by atoms with van der Waals surface area (Å²) in [6.07, 6.45) is 1.34. The van der Waals surface area contributed by atoms with Crippen molar-refractivity contribution in [2.75, 3.05) is 20.3 Å². The molecule has 1 aromatic carbocycles. The number of halogens is 1. The second-order valence-electron chi connectivity index (χ2n) is 5.15. The van der Waals surface area contributed by atoms with Crippen molar-refractivity contribution in [1.29, 1.82) is 5.26 Å². The Kier molecular flexibility index (Phi) is 6.03. The normalized spacial score (nSPS) is 10.3. The van der Waals surface area contributed by atoms with E-state index in [0.717, 1.165) is 6.07 Å². The second kappa shape index (κ2) is 8.22. The molecule has 7 heteroatoms. The van der Waals surface area contributed by atoms with Crippen LogP contribution in [-0.4, -0.2) is 30.7 Å². The second-order valence-corrected chi connectivity index (χ2v) is 5.15. The van der Waals surface area contributed by atoms with Crippen LogP contribution in [0.15, 0.2) is 35.3 Å². The number of ether oxygens (including phenoxy) is 2. The highest BCUT2D eigenvalue weighted by atomic mass is 19.1. The van der Waals surface area contributed by atoms with E-state index in [4.69, 9.17) is 14.7 Å². The highest BCUT2D eigenvalue weighted by molar-refractivity contribution is 6.10. The van der Waals surface area contributed by atoms with E-state index in [2.05, 4.69) is 0 Å². The standard InChI is InChI=1S/C18H17FN2O4/c1-3-25-16-5-4-14(19)9-15(16)17(22)13-8-12(10-20)18(23)21(11-13)6-7-24-2/h4-5,8-9,11H,3,6-7H2,1-2H3. The molecule has 0 fully saturated rings. The van der Waals surface area contributed by atoms with Crippen molar-refractivity contribution in [2.24, 2.45) is 0 Å². The molecule has 0 atom stereocenters. The smallest absolute Gasteiger partial charge is 0.268 e. The molecule has 0 unspecified atom stereocenters. The van der Waals surface area contributed by atoms with Crippen molar-refractivity contribution in [3.8, 4) is 11.8 Å². The lowest BCUT2D eigenvalue weighted by molar-refractivity contribution is 0.103. The van der Waals surface area contributed by atoms with Crippen molar-refractivity contribution in [3.05, 3.63) is 63.3 Å². The first-order chi connectivity index (χ1) is 12.0. The third-order valence-corrected chi connectivity index (χ3v) is 3.49. The third kappa shape index (κ3) is 4.11. The van der Waals surface area contributed by atoms with Crippen LogP contribution in [0, 0.1) is 17.1 Å². The fourth-order valence-electron chi connectivity index (χ4n) is 2.31. The van der Waals surface area contributed by atoms with E-state index in [0.29, 0.717) is 6.61 Å². The summed E-state index contributed by atoms with van der Waals surface area (Å²) < 4.78 is 25.1. The summed E-state index contributed by atoms with van der Waals surface area (Å²) in [5.74, 6) is -0.882. The summed E-state index contributed by atoms with van der Waals surface area (Å²) in [5.41, 5.74) is -0.557. The maximum atomic E-state index is 13.6. The van der Waals surface area contributed by atoms with E-state index in [1.165, 1.54) is 36.1 Å². The molecule has 0 spiro atoms. The van der Waals surface area contributed by atoms with Crippen LogP contribution in [-0.2, 0) is 11.3 Å². The molecule has 0 aliphatic carbocycles. The number of pyridine rings is 1. The van der Waals surface area contributed by atoms with Gasteiger partial charge < -0.3 is 14.0 Å². The van der Waals surface area contributed by atoms with Crippen LogP contribution in [0.25, 0.3) is 0 Å². The molecule has 2 rings (SSSR count). The number of hydrogen-bond donors (Lipinski definition) is 0. The molecule has 2 aromatic rings. The third-order valence-electron chi connectivity index (χ3n) is 3.49. The van der Waals surface area contributed by atoms with Gasteiger partial charge in [0.2, 0.25) is 0 Å². The first-order valence-electron chi connectivity index (χ1n) is 7.62. The van der Waals surface area contributed by atoms with Gasteiger partial charge in [0.05, 0.1) is 18.8 Å². The van der Waals surface area contributed by atoms with Crippen LogP contribution in [0.4, 0.5) is 4.39 Å². The quantitative estimate of drug-likeness (QED) is 0.719. The molecule has 0 aliphatic rings. The fourth-order valence-corrected chi connectivity index (χ4v) is 2.31. The van der Waals surface area contributed by atoms with Crippen LogP contribution in [0.2, 0.25) is 0 Å². The number of aromatic nitrogens is 1. The highest BCUT2D eigenvalue weighted by Crippen LogP contribution is 2.23. The number of nitrogens with zero attached hydrogens (tertiary/aromatic N) is 2. The summed E-state index contributed by atoms with van der Waals surface area (Å²) in [5, 5.41) is 9.14. The molecule has 0 saturated carbocycles. The summed E-state index contributed by atoms with van der Waals surface area (Å²) in [7, 11) is 1.48. The molecular weight excluding hydrogens is 327 g/mol. The van der Waals surface area contributed by atoms with Gasteiger partial charge in [-0.1, -0.05) is 0 Å². The van der Waals surface area contributed by atoms with E-state index in [1.807, 2.05) is 0 Å². The molecule has 0 saturated heterocycles. The van der Waals surface area contributed by atoms with Crippen LogP contribution in [0.1, 0.15) is 28.4 Å². The van der Waals surface area contributed by atoms with Gasteiger partial charge in [-0.2, -0.15) is 5.26 Å². The minimum atomic E-state index is -0.583. The van der Waals surface area contributed by atoms with E-state index in [1.54, 1.807) is 13.0 Å². The number of methoxy groups -OCH3 is 1. The minimum Gasteiger partial charge on any atom is -0.493 e. The first-order valence-corrected chi connectivity index (χ1v) is 7.62. The summed E-state index contributed by atoms with van der Waals surface area (Å²) in [6.45, 7) is 2.48.